The lowest BCUT2D eigenvalue weighted by molar-refractivity contribution is -0.137. The monoisotopic (exact) mass is 277 g/mol. The molecule has 1 rings (SSSR count). The fraction of sp³-hybridized carbons (Fsp3) is 0.364. The van der Waals surface area contributed by atoms with Crippen molar-refractivity contribution in [2.45, 2.75) is 25.0 Å². The Balaban J connectivity index is 2.70. The minimum absolute atomic E-state index is 0.0838. The zero-order chi connectivity index (χ0) is 13.0. The highest BCUT2D eigenvalue weighted by molar-refractivity contribution is 6.42. The molecule has 0 saturated carbocycles. The molecule has 4 N–H and O–H groups in total. The number of halogens is 2. The summed E-state index contributed by atoms with van der Waals surface area (Å²) in [7, 11) is 0. The highest BCUT2D eigenvalue weighted by Crippen LogP contribution is 2.27. The van der Waals surface area contributed by atoms with Crippen LogP contribution in [0.5, 0.6) is 0 Å². The van der Waals surface area contributed by atoms with Crippen molar-refractivity contribution in [2.75, 3.05) is 0 Å². The van der Waals surface area contributed by atoms with Crippen LogP contribution in [0.15, 0.2) is 18.2 Å². The largest absolute Gasteiger partial charge is 0.481 e. The number of benzene rings is 1. The first kappa shape index (κ1) is 14.3. The molecule has 0 aromatic heterocycles. The Morgan fingerprint density at radius 2 is 2.00 bits per heavy atom. The third-order valence-corrected chi connectivity index (χ3v) is 3.12. The third-order valence-electron chi connectivity index (χ3n) is 2.38. The Morgan fingerprint density at radius 1 is 1.35 bits per heavy atom. The predicted molar refractivity (Wildman–Crippen MR) is 66.3 cm³/mol. The summed E-state index contributed by atoms with van der Waals surface area (Å²) in [6.07, 6.45) is -0.847. The number of nitrogens with two attached hydrogens (primary N) is 1. The van der Waals surface area contributed by atoms with Gasteiger partial charge in [0.25, 0.3) is 0 Å². The van der Waals surface area contributed by atoms with E-state index >= 15 is 0 Å². The third kappa shape index (κ3) is 4.16. The van der Waals surface area contributed by atoms with Crippen molar-refractivity contribution < 1.29 is 15.0 Å². The molecule has 6 heteroatoms. The van der Waals surface area contributed by atoms with E-state index in [1.54, 1.807) is 12.1 Å². The lowest BCUT2D eigenvalue weighted by Crippen LogP contribution is -2.29. The molecule has 0 aliphatic rings. The van der Waals surface area contributed by atoms with Crippen LogP contribution in [0.2, 0.25) is 10.0 Å². The SMILES string of the molecule is NC(CCC(=O)O)C(O)c1ccc(Cl)c(Cl)c1. The normalized spacial score (nSPS) is 14.4. The van der Waals surface area contributed by atoms with Gasteiger partial charge in [-0.15, -0.1) is 0 Å². The van der Waals surface area contributed by atoms with Gasteiger partial charge in [0.2, 0.25) is 0 Å². The number of aliphatic hydroxyl groups is 1. The molecule has 0 fully saturated rings. The van der Waals surface area contributed by atoms with Crippen LogP contribution in [0.1, 0.15) is 24.5 Å². The minimum atomic E-state index is -0.955. The maximum atomic E-state index is 10.4. The van der Waals surface area contributed by atoms with E-state index in [1.807, 2.05) is 0 Å². The number of hydrogen-bond donors (Lipinski definition) is 3. The number of carbonyl (C=O) groups is 1. The summed E-state index contributed by atoms with van der Waals surface area (Å²) in [5.74, 6) is -0.943. The van der Waals surface area contributed by atoms with Crippen molar-refractivity contribution in [1.82, 2.24) is 0 Å². The summed E-state index contributed by atoms with van der Waals surface area (Å²) in [4.78, 5) is 10.4. The van der Waals surface area contributed by atoms with E-state index in [-0.39, 0.29) is 12.8 Å². The molecule has 0 radical (unpaired) electrons. The van der Waals surface area contributed by atoms with Crippen molar-refractivity contribution >= 4 is 29.2 Å². The Labute approximate surface area is 109 Å². The van der Waals surface area contributed by atoms with Gasteiger partial charge >= 0.3 is 5.97 Å². The van der Waals surface area contributed by atoms with Crippen LogP contribution in [-0.2, 0) is 4.79 Å². The molecule has 0 saturated heterocycles. The van der Waals surface area contributed by atoms with E-state index in [1.165, 1.54) is 6.07 Å². The fourth-order valence-electron chi connectivity index (χ4n) is 1.39. The summed E-state index contributed by atoms with van der Waals surface area (Å²) < 4.78 is 0. The van der Waals surface area contributed by atoms with Gasteiger partial charge in [-0.2, -0.15) is 0 Å². The Bertz CT molecular complexity index is 412. The average Bonchev–Trinajstić information content (AvgIpc) is 2.28. The number of carboxylic acid groups (broad SMARTS) is 1. The summed E-state index contributed by atoms with van der Waals surface area (Å²) in [6, 6.07) is 4.05. The molecule has 0 aliphatic heterocycles. The van der Waals surface area contributed by atoms with Crippen molar-refractivity contribution in [3.8, 4) is 0 Å². The van der Waals surface area contributed by atoms with E-state index in [9.17, 15) is 9.90 Å². The zero-order valence-corrected chi connectivity index (χ0v) is 10.4. The van der Waals surface area contributed by atoms with Crippen molar-refractivity contribution in [3.63, 3.8) is 0 Å². The van der Waals surface area contributed by atoms with Gasteiger partial charge in [0.05, 0.1) is 16.1 Å². The quantitative estimate of drug-likeness (QED) is 0.771. The van der Waals surface area contributed by atoms with Crippen LogP contribution in [0.4, 0.5) is 0 Å². The molecule has 0 heterocycles. The van der Waals surface area contributed by atoms with Crippen LogP contribution in [0.3, 0.4) is 0 Å². The molecule has 4 nitrogen and oxygen atoms in total. The fourth-order valence-corrected chi connectivity index (χ4v) is 1.70. The number of carboxylic acids is 1. The van der Waals surface area contributed by atoms with Gasteiger partial charge in [-0.25, -0.2) is 0 Å². The highest BCUT2D eigenvalue weighted by atomic mass is 35.5. The maximum absolute atomic E-state index is 10.4. The molecule has 0 amide bonds. The van der Waals surface area contributed by atoms with Crippen molar-refractivity contribution in [3.05, 3.63) is 33.8 Å². The van der Waals surface area contributed by atoms with E-state index < -0.39 is 18.1 Å². The van der Waals surface area contributed by atoms with Gasteiger partial charge in [-0.3, -0.25) is 4.79 Å². The van der Waals surface area contributed by atoms with Crippen molar-refractivity contribution in [1.29, 1.82) is 0 Å². The molecule has 0 aliphatic carbocycles. The van der Waals surface area contributed by atoms with Gasteiger partial charge in [0.1, 0.15) is 0 Å². The number of aliphatic hydroxyl groups excluding tert-OH is 1. The zero-order valence-electron chi connectivity index (χ0n) is 8.94. The molecule has 2 unspecified atom stereocenters. The van der Waals surface area contributed by atoms with Gasteiger partial charge < -0.3 is 15.9 Å². The lowest BCUT2D eigenvalue weighted by Gasteiger charge is -2.18. The first-order valence-electron chi connectivity index (χ1n) is 5.02. The van der Waals surface area contributed by atoms with Gasteiger partial charge in [-0.05, 0) is 24.1 Å². The first-order valence-corrected chi connectivity index (χ1v) is 5.78. The van der Waals surface area contributed by atoms with Crippen molar-refractivity contribution in [2.24, 2.45) is 5.73 Å². The highest BCUT2D eigenvalue weighted by Gasteiger charge is 2.18. The summed E-state index contributed by atoms with van der Waals surface area (Å²) in [5.41, 5.74) is 6.22. The molecule has 1 aromatic rings. The first-order chi connectivity index (χ1) is 7.91. The van der Waals surface area contributed by atoms with Crippen LogP contribution in [0.25, 0.3) is 0 Å². The van der Waals surface area contributed by atoms with Gasteiger partial charge in [0, 0.05) is 12.5 Å². The topological polar surface area (TPSA) is 83.6 Å². The number of hydrogen-bond acceptors (Lipinski definition) is 3. The van der Waals surface area contributed by atoms with Crippen LogP contribution >= 0.6 is 23.2 Å². The van der Waals surface area contributed by atoms with Crippen LogP contribution in [0, 0.1) is 0 Å². The Kier molecular flexibility index (Phi) is 5.21. The molecule has 1 aromatic carbocycles. The van der Waals surface area contributed by atoms with E-state index in [0.717, 1.165) is 0 Å². The second-order valence-electron chi connectivity index (χ2n) is 3.71. The molecular weight excluding hydrogens is 265 g/mol. The average molecular weight is 278 g/mol. The smallest absolute Gasteiger partial charge is 0.303 e. The Morgan fingerprint density at radius 3 is 2.53 bits per heavy atom. The molecular formula is C11H13Cl2NO3. The number of aliphatic carboxylic acids is 1. The van der Waals surface area contributed by atoms with E-state index in [4.69, 9.17) is 34.0 Å². The Hall–Kier alpha value is -0.810. The molecule has 0 spiro atoms. The maximum Gasteiger partial charge on any atom is 0.303 e. The molecule has 2 atom stereocenters. The van der Waals surface area contributed by atoms with Crippen LogP contribution in [-0.4, -0.2) is 22.2 Å². The van der Waals surface area contributed by atoms with E-state index in [2.05, 4.69) is 0 Å². The molecule has 17 heavy (non-hydrogen) atoms. The summed E-state index contributed by atoms with van der Waals surface area (Å²) in [6.45, 7) is 0. The van der Waals surface area contributed by atoms with Gasteiger partial charge in [0.15, 0.2) is 0 Å². The number of rotatable bonds is 5. The lowest BCUT2D eigenvalue weighted by atomic mass is 9.99. The molecule has 0 bridgehead atoms. The van der Waals surface area contributed by atoms with E-state index in [0.29, 0.717) is 15.6 Å². The molecule has 94 valence electrons. The summed E-state index contributed by atoms with van der Waals surface area (Å²) >= 11 is 11.6. The van der Waals surface area contributed by atoms with Gasteiger partial charge in [-0.1, -0.05) is 29.3 Å². The second kappa shape index (κ2) is 6.21. The minimum Gasteiger partial charge on any atom is -0.481 e. The summed E-state index contributed by atoms with van der Waals surface area (Å²) in [5, 5.41) is 19.1. The second-order valence-corrected chi connectivity index (χ2v) is 4.53. The predicted octanol–water partition coefficient (Wildman–Crippen LogP) is 2.22. The standard InChI is InChI=1S/C11H13Cl2NO3/c12-7-2-1-6(5-8(7)13)11(17)9(14)3-4-10(15)16/h1-2,5,9,11,17H,3-4,14H2,(H,15,16). The van der Waals surface area contributed by atoms with Crippen LogP contribution < -0.4 is 5.73 Å².